The molecule has 0 spiro atoms. The molecule has 0 saturated carbocycles. The summed E-state index contributed by atoms with van der Waals surface area (Å²) in [5.74, 6) is -0.0588. The van der Waals surface area contributed by atoms with Gasteiger partial charge in [0.1, 0.15) is 0 Å². The Kier molecular flexibility index (Phi) is 5.56. The van der Waals surface area contributed by atoms with Crippen molar-refractivity contribution in [2.45, 2.75) is 13.3 Å². The van der Waals surface area contributed by atoms with Gasteiger partial charge < -0.3 is 10.6 Å². The molecule has 3 N–H and O–H groups in total. The number of pyridine rings is 1. The molecule has 2 rings (SSSR count). The minimum atomic E-state index is -0.376. The van der Waals surface area contributed by atoms with Crippen LogP contribution in [0.15, 0.2) is 30.6 Å². The van der Waals surface area contributed by atoms with E-state index in [1.54, 1.807) is 12.4 Å². The Morgan fingerprint density at radius 1 is 1.17 bits per heavy atom. The Labute approximate surface area is 133 Å². The van der Waals surface area contributed by atoms with Gasteiger partial charge in [-0.3, -0.25) is 15.1 Å². The van der Waals surface area contributed by atoms with Gasteiger partial charge in [-0.15, -0.1) is 10.2 Å². The van der Waals surface area contributed by atoms with Gasteiger partial charge in [-0.05, 0) is 42.7 Å². The SMILES string of the molecule is CNC(=O)c1ccc(NC(=O)NCCc2ccncc2C)nn1. The van der Waals surface area contributed by atoms with Crippen molar-refractivity contribution in [3.8, 4) is 0 Å². The second-order valence-electron chi connectivity index (χ2n) is 4.82. The summed E-state index contributed by atoms with van der Waals surface area (Å²) in [5.41, 5.74) is 2.41. The summed E-state index contributed by atoms with van der Waals surface area (Å²) in [6.45, 7) is 2.46. The zero-order valence-corrected chi connectivity index (χ0v) is 13.0. The average Bonchev–Trinajstić information content (AvgIpc) is 2.56. The standard InChI is InChI=1S/C15H18N6O2/c1-10-9-17-7-5-11(10)6-8-18-15(23)19-13-4-3-12(20-21-13)14(22)16-2/h3-5,7,9H,6,8H2,1-2H3,(H,16,22)(H2,18,19,21,23). The van der Waals surface area contributed by atoms with E-state index in [0.717, 1.165) is 11.1 Å². The highest BCUT2D eigenvalue weighted by molar-refractivity contribution is 5.92. The Bertz CT molecular complexity index is 687. The van der Waals surface area contributed by atoms with Crippen LogP contribution in [0.25, 0.3) is 0 Å². The van der Waals surface area contributed by atoms with Crippen LogP contribution in [-0.2, 0) is 6.42 Å². The molecule has 0 aliphatic carbocycles. The fraction of sp³-hybridized carbons (Fsp3) is 0.267. The third-order valence-electron chi connectivity index (χ3n) is 3.18. The molecule has 0 saturated heterocycles. The molecule has 2 aromatic heterocycles. The Balaban J connectivity index is 1.81. The van der Waals surface area contributed by atoms with Crippen molar-refractivity contribution < 1.29 is 9.59 Å². The number of aryl methyl sites for hydroxylation is 1. The van der Waals surface area contributed by atoms with Crippen LogP contribution < -0.4 is 16.0 Å². The number of hydrogen-bond acceptors (Lipinski definition) is 5. The van der Waals surface area contributed by atoms with Crippen molar-refractivity contribution >= 4 is 17.8 Å². The third kappa shape index (κ3) is 4.73. The van der Waals surface area contributed by atoms with Crippen LogP contribution in [0.2, 0.25) is 0 Å². The second kappa shape index (κ2) is 7.83. The van der Waals surface area contributed by atoms with Gasteiger partial charge in [-0.25, -0.2) is 4.79 Å². The number of rotatable bonds is 5. The van der Waals surface area contributed by atoms with Gasteiger partial charge in [0.15, 0.2) is 11.5 Å². The molecule has 3 amide bonds. The summed E-state index contributed by atoms with van der Waals surface area (Å²) < 4.78 is 0. The van der Waals surface area contributed by atoms with Gasteiger partial charge in [0.25, 0.3) is 5.91 Å². The highest BCUT2D eigenvalue weighted by Gasteiger charge is 2.07. The predicted molar refractivity (Wildman–Crippen MR) is 85.1 cm³/mol. The Hall–Kier alpha value is -3.03. The number of hydrogen-bond donors (Lipinski definition) is 3. The van der Waals surface area contributed by atoms with Gasteiger partial charge in [-0.1, -0.05) is 0 Å². The van der Waals surface area contributed by atoms with E-state index in [1.807, 2.05) is 13.0 Å². The minimum Gasteiger partial charge on any atom is -0.354 e. The van der Waals surface area contributed by atoms with Crippen LogP contribution in [0, 0.1) is 6.92 Å². The molecule has 2 heterocycles. The van der Waals surface area contributed by atoms with Crippen LogP contribution in [0.1, 0.15) is 21.6 Å². The highest BCUT2D eigenvalue weighted by Crippen LogP contribution is 2.05. The lowest BCUT2D eigenvalue weighted by atomic mass is 10.1. The van der Waals surface area contributed by atoms with Crippen LogP contribution in [0.3, 0.4) is 0 Å². The van der Waals surface area contributed by atoms with E-state index in [0.29, 0.717) is 13.0 Å². The molecular formula is C15H18N6O2. The summed E-state index contributed by atoms with van der Waals surface area (Å²) in [4.78, 5) is 27.1. The summed E-state index contributed by atoms with van der Waals surface area (Å²) in [6.07, 6.45) is 4.23. The molecule has 0 aliphatic rings. The maximum Gasteiger partial charge on any atom is 0.320 e. The maximum atomic E-state index is 11.8. The van der Waals surface area contributed by atoms with Crippen LogP contribution in [-0.4, -0.2) is 40.7 Å². The normalized spacial score (nSPS) is 10.0. The highest BCUT2D eigenvalue weighted by atomic mass is 16.2. The molecule has 8 nitrogen and oxygen atoms in total. The summed E-state index contributed by atoms with van der Waals surface area (Å²) >= 11 is 0. The molecule has 8 heteroatoms. The topological polar surface area (TPSA) is 109 Å². The lowest BCUT2D eigenvalue weighted by molar-refractivity contribution is 0.0957. The number of aromatic nitrogens is 3. The van der Waals surface area contributed by atoms with Crippen molar-refractivity contribution in [3.05, 3.63) is 47.4 Å². The molecule has 120 valence electrons. The monoisotopic (exact) mass is 314 g/mol. The zero-order valence-electron chi connectivity index (χ0n) is 13.0. The molecule has 0 aliphatic heterocycles. The molecule has 0 unspecified atom stereocenters. The molecule has 2 aromatic rings. The number of nitrogens with zero attached hydrogens (tertiary/aromatic N) is 3. The second-order valence-corrected chi connectivity index (χ2v) is 4.82. The summed E-state index contributed by atoms with van der Waals surface area (Å²) in [5, 5.41) is 15.2. The molecule has 0 aromatic carbocycles. The van der Waals surface area contributed by atoms with Gasteiger partial charge >= 0.3 is 6.03 Å². The van der Waals surface area contributed by atoms with Crippen molar-refractivity contribution in [1.29, 1.82) is 0 Å². The van der Waals surface area contributed by atoms with E-state index in [9.17, 15) is 9.59 Å². The Morgan fingerprint density at radius 2 is 2.00 bits per heavy atom. The zero-order chi connectivity index (χ0) is 16.7. The first-order chi connectivity index (χ1) is 11.1. The molecule has 0 radical (unpaired) electrons. The quantitative estimate of drug-likeness (QED) is 0.760. The van der Waals surface area contributed by atoms with Crippen LogP contribution in [0.4, 0.5) is 10.6 Å². The number of amides is 3. The predicted octanol–water partition coefficient (Wildman–Crippen LogP) is 0.904. The lowest BCUT2D eigenvalue weighted by Gasteiger charge is -2.08. The third-order valence-corrected chi connectivity index (χ3v) is 3.18. The first-order valence-electron chi connectivity index (χ1n) is 7.10. The van der Waals surface area contributed by atoms with Crippen molar-refractivity contribution in [2.75, 3.05) is 18.9 Å². The van der Waals surface area contributed by atoms with Crippen LogP contribution in [0.5, 0.6) is 0 Å². The molecule has 0 fully saturated rings. The first kappa shape index (κ1) is 16.3. The van der Waals surface area contributed by atoms with Crippen molar-refractivity contribution in [1.82, 2.24) is 25.8 Å². The first-order valence-corrected chi connectivity index (χ1v) is 7.10. The summed E-state index contributed by atoms with van der Waals surface area (Å²) in [7, 11) is 1.51. The minimum absolute atomic E-state index is 0.187. The van der Waals surface area contributed by atoms with E-state index in [1.165, 1.54) is 19.2 Å². The van der Waals surface area contributed by atoms with Gasteiger partial charge in [0.05, 0.1) is 0 Å². The molecule has 0 bridgehead atoms. The van der Waals surface area contributed by atoms with E-state index >= 15 is 0 Å². The van der Waals surface area contributed by atoms with E-state index in [-0.39, 0.29) is 23.5 Å². The summed E-state index contributed by atoms with van der Waals surface area (Å²) in [6, 6.07) is 4.56. The lowest BCUT2D eigenvalue weighted by Crippen LogP contribution is -2.31. The van der Waals surface area contributed by atoms with Gasteiger partial charge in [0, 0.05) is 26.0 Å². The number of carbonyl (C=O) groups excluding carboxylic acids is 2. The molecule has 23 heavy (non-hydrogen) atoms. The smallest absolute Gasteiger partial charge is 0.320 e. The van der Waals surface area contributed by atoms with E-state index in [2.05, 4.69) is 31.1 Å². The fourth-order valence-corrected chi connectivity index (χ4v) is 1.90. The number of anilines is 1. The molecular weight excluding hydrogens is 296 g/mol. The number of urea groups is 1. The maximum absolute atomic E-state index is 11.8. The van der Waals surface area contributed by atoms with Crippen LogP contribution >= 0.6 is 0 Å². The van der Waals surface area contributed by atoms with Gasteiger partial charge in [0.2, 0.25) is 0 Å². The van der Waals surface area contributed by atoms with E-state index < -0.39 is 0 Å². The van der Waals surface area contributed by atoms with Gasteiger partial charge in [-0.2, -0.15) is 0 Å². The van der Waals surface area contributed by atoms with E-state index in [4.69, 9.17) is 0 Å². The molecule has 0 atom stereocenters. The number of nitrogens with one attached hydrogen (secondary N) is 3. The average molecular weight is 314 g/mol. The largest absolute Gasteiger partial charge is 0.354 e. The fourth-order valence-electron chi connectivity index (χ4n) is 1.90. The Morgan fingerprint density at radius 3 is 2.65 bits per heavy atom. The number of carbonyl (C=O) groups is 2. The van der Waals surface area contributed by atoms with Crippen molar-refractivity contribution in [3.63, 3.8) is 0 Å². The van der Waals surface area contributed by atoms with Crippen molar-refractivity contribution in [2.24, 2.45) is 0 Å².